The van der Waals surface area contributed by atoms with E-state index in [4.69, 9.17) is 11.6 Å². The van der Waals surface area contributed by atoms with E-state index in [1.165, 1.54) is 48.8 Å². The molecule has 1 heteroatoms. The van der Waals surface area contributed by atoms with Gasteiger partial charge in [0.2, 0.25) is 0 Å². The summed E-state index contributed by atoms with van der Waals surface area (Å²) in [5, 5.41) is 0.226. The van der Waals surface area contributed by atoms with Crippen LogP contribution < -0.4 is 0 Å². The Balaban J connectivity index is 2.21. The van der Waals surface area contributed by atoms with Crippen molar-refractivity contribution in [3.05, 3.63) is 34.9 Å². The highest BCUT2D eigenvalue weighted by molar-refractivity contribution is 6.20. The van der Waals surface area contributed by atoms with Gasteiger partial charge in [0.1, 0.15) is 0 Å². The second kappa shape index (κ2) is 5.91. The normalized spacial score (nSPS) is 24.2. The summed E-state index contributed by atoms with van der Waals surface area (Å²) in [6.07, 6.45) is 7.35. The van der Waals surface area contributed by atoms with Gasteiger partial charge in [0, 0.05) is 0 Å². The van der Waals surface area contributed by atoms with Crippen LogP contribution in [-0.4, -0.2) is 0 Å². The van der Waals surface area contributed by atoms with E-state index in [1.54, 1.807) is 0 Å². The van der Waals surface area contributed by atoms with Crippen LogP contribution in [0, 0.1) is 5.92 Å². The minimum Gasteiger partial charge on any atom is -0.118 e. The van der Waals surface area contributed by atoms with Crippen molar-refractivity contribution in [2.45, 2.75) is 57.7 Å². The molecule has 0 fully saturated rings. The average molecular weight is 251 g/mol. The van der Waals surface area contributed by atoms with Crippen molar-refractivity contribution >= 4 is 11.6 Å². The van der Waals surface area contributed by atoms with Crippen molar-refractivity contribution in [3.63, 3.8) is 0 Å². The first-order chi connectivity index (χ1) is 8.20. The average Bonchev–Trinajstić information content (AvgIpc) is 2.46. The van der Waals surface area contributed by atoms with Crippen LogP contribution in [0.15, 0.2) is 18.2 Å². The lowest BCUT2D eigenvalue weighted by molar-refractivity contribution is 0.503. The second-order valence-electron chi connectivity index (χ2n) is 5.48. The molecular weight excluding hydrogens is 228 g/mol. The number of unbranched alkanes of at least 4 members (excludes halogenated alkanes) is 1. The molecule has 0 saturated heterocycles. The largest absolute Gasteiger partial charge is 0.118 e. The van der Waals surface area contributed by atoms with Crippen molar-refractivity contribution in [1.82, 2.24) is 0 Å². The van der Waals surface area contributed by atoms with Crippen molar-refractivity contribution in [2.75, 3.05) is 0 Å². The van der Waals surface area contributed by atoms with E-state index in [-0.39, 0.29) is 5.38 Å². The Bertz CT molecular complexity index is 370. The molecule has 0 aliphatic heterocycles. The van der Waals surface area contributed by atoms with Gasteiger partial charge in [0.15, 0.2) is 0 Å². The number of hydrogen-bond donors (Lipinski definition) is 0. The third-order valence-electron chi connectivity index (χ3n) is 3.88. The molecule has 0 spiro atoms. The van der Waals surface area contributed by atoms with Crippen molar-refractivity contribution < 1.29 is 0 Å². The molecule has 2 atom stereocenters. The molecular formula is C16H23Cl. The van der Waals surface area contributed by atoms with E-state index in [2.05, 4.69) is 32.0 Å². The van der Waals surface area contributed by atoms with Gasteiger partial charge in [-0.05, 0) is 54.7 Å². The van der Waals surface area contributed by atoms with Gasteiger partial charge >= 0.3 is 0 Å². The fourth-order valence-corrected chi connectivity index (χ4v) is 3.21. The topological polar surface area (TPSA) is 0 Å². The monoisotopic (exact) mass is 250 g/mol. The maximum Gasteiger partial charge on any atom is 0.0590 e. The Morgan fingerprint density at radius 2 is 2.18 bits per heavy atom. The lowest BCUT2D eigenvalue weighted by Crippen LogP contribution is -1.97. The zero-order valence-electron chi connectivity index (χ0n) is 11.0. The maximum atomic E-state index is 6.55. The maximum absolute atomic E-state index is 6.55. The third kappa shape index (κ3) is 3.25. The molecule has 94 valence electrons. The van der Waals surface area contributed by atoms with Crippen LogP contribution in [0.25, 0.3) is 0 Å². The number of fused-ring (bicyclic) bond motifs is 1. The molecule has 0 heterocycles. The fourth-order valence-electron chi connectivity index (χ4n) is 2.70. The molecule has 0 N–H and O–H groups in total. The quantitative estimate of drug-likeness (QED) is 0.506. The van der Waals surface area contributed by atoms with Gasteiger partial charge in [-0.1, -0.05) is 38.5 Å². The van der Waals surface area contributed by atoms with Gasteiger partial charge in [0.05, 0.1) is 5.38 Å². The van der Waals surface area contributed by atoms with Crippen LogP contribution in [-0.2, 0) is 12.8 Å². The number of rotatable bonds is 3. The van der Waals surface area contributed by atoms with E-state index in [0.29, 0.717) is 0 Å². The highest BCUT2D eigenvalue weighted by atomic mass is 35.5. The molecule has 1 aromatic rings. The Labute approximate surface area is 110 Å². The number of halogens is 1. The van der Waals surface area contributed by atoms with E-state index < -0.39 is 0 Å². The van der Waals surface area contributed by atoms with Crippen LogP contribution in [0.2, 0.25) is 0 Å². The first-order valence-corrected chi connectivity index (χ1v) is 7.40. The Morgan fingerprint density at radius 3 is 2.94 bits per heavy atom. The number of aryl methyl sites for hydroxylation is 2. The zero-order valence-corrected chi connectivity index (χ0v) is 11.8. The van der Waals surface area contributed by atoms with E-state index in [1.807, 2.05) is 0 Å². The van der Waals surface area contributed by atoms with Crippen LogP contribution in [0.3, 0.4) is 0 Å². The summed E-state index contributed by atoms with van der Waals surface area (Å²) >= 11 is 6.55. The van der Waals surface area contributed by atoms with Crippen molar-refractivity contribution in [2.24, 2.45) is 5.92 Å². The first-order valence-electron chi connectivity index (χ1n) is 6.96. The molecule has 2 unspecified atom stereocenters. The molecule has 0 saturated carbocycles. The summed E-state index contributed by atoms with van der Waals surface area (Å²) in [4.78, 5) is 0. The van der Waals surface area contributed by atoms with Crippen LogP contribution in [0.4, 0.5) is 0 Å². The summed E-state index contributed by atoms with van der Waals surface area (Å²) in [5.41, 5.74) is 4.35. The molecule has 0 amide bonds. The van der Waals surface area contributed by atoms with E-state index >= 15 is 0 Å². The summed E-state index contributed by atoms with van der Waals surface area (Å²) in [7, 11) is 0. The third-order valence-corrected chi connectivity index (χ3v) is 4.30. The van der Waals surface area contributed by atoms with Crippen LogP contribution >= 0.6 is 11.6 Å². The second-order valence-corrected chi connectivity index (χ2v) is 6.01. The molecule has 2 rings (SSSR count). The summed E-state index contributed by atoms with van der Waals surface area (Å²) in [6.45, 7) is 4.56. The SMILES string of the molecule is CCCCc1ccc2c(c1)C(Cl)CC(C)CC2. The van der Waals surface area contributed by atoms with E-state index in [9.17, 15) is 0 Å². The highest BCUT2D eigenvalue weighted by Gasteiger charge is 2.20. The number of hydrogen-bond acceptors (Lipinski definition) is 0. The first kappa shape index (κ1) is 13.0. The molecule has 17 heavy (non-hydrogen) atoms. The standard InChI is InChI=1S/C16H23Cl/c1-3-4-5-13-7-9-14-8-6-12(2)10-16(17)15(14)11-13/h7,9,11-12,16H,3-6,8,10H2,1-2H3. The van der Waals surface area contributed by atoms with Gasteiger partial charge in [-0.3, -0.25) is 0 Å². The van der Waals surface area contributed by atoms with Gasteiger partial charge < -0.3 is 0 Å². The minimum absolute atomic E-state index is 0.226. The minimum atomic E-state index is 0.226. The van der Waals surface area contributed by atoms with Crippen LogP contribution in [0.5, 0.6) is 0 Å². The molecule has 1 aliphatic carbocycles. The van der Waals surface area contributed by atoms with Crippen molar-refractivity contribution in [1.29, 1.82) is 0 Å². The molecule has 0 aromatic heterocycles. The number of benzene rings is 1. The number of alkyl halides is 1. The Kier molecular flexibility index (Phi) is 4.50. The Hall–Kier alpha value is -0.490. The van der Waals surface area contributed by atoms with E-state index in [0.717, 1.165) is 12.3 Å². The van der Waals surface area contributed by atoms with Gasteiger partial charge in [-0.2, -0.15) is 0 Å². The fraction of sp³-hybridized carbons (Fsp3) is 0.625. The summed E-state index contributed by atoms with van der Waals surface area (Å²) in [5.74, 6) is 0.754. The molecule has 1 aliphatic rings. The molecule has 0 bridgehead atoms. The Morgan fingerprint density at radius 1 is 1.35 bits per heavy atom. The molecule has 1 aromatic carbocycles. The summed E-state index contributed by atoms with van der Waals surface area (Å²) < 4.78 is 0. The summed E-state index contributed by atoms with van der Waals surface area (Å²) in [6, 6.07) is 6.97. The zero-order chi connectivity index (χ0) is 12.3. The highest BCUT2D eigenvalue weighted by Crippen LogP contribution is 2.36. The predicted octanol–water partition coefficient (Wildman–Crippen LogP) is 5.28. The lowest BCUT2D eigenvalue weighted by Gasteiger charge is -2.13. The molecule has 0 nitrogen and oxygen atoms in total. The van der Waals surface area contributed by atoms with Gasteiger partial charge in [0.25, 0.3) is 0 Å². The van der Waals surface area contributed by atoms with Gasteiger partial charge in [-0.25, -0.2) is 0 Å². The molecule has 0 radical (unpaired) electrons. The van der Waals surface area contributed by atoms with Gasteiger partial charge in [-0.15, -0.1) is 11.6 Å². The predicted molar refractivity (Wildman–Crippen MR) is 75.8 cm³/mol. The van der Waals surface area contributed by atoms with Crippen molar-refractivity contribution in [3.8, 4) is 0 Å². The smallest absolute Gasteiger partial charge is 0.0590 e. The lowest BCUT2D eigenvalue weighted by atomic mass is 9.97. The van der Waals surface area contributed by atoms with Crippen LogP contribution in [0.1, 0.15) is 61.6 Å².